The van der Waals surface area contributed by atoms with E-state index in [0.29, 0.717) is 0 Å². The van der Waals surface area contributed by atoms with Crippen LogP contribution in [0, 0.1) is 0 Å². The van der Waals surface area contributed by atoms with Gasteiger partial charge in [0, 0.05) is 0 Å². The number of nitrogens with zero attached hydrogens (tertiary/aromatic N) is 6. The van der Waals surface area contributed by atoms with Gasteiger partial charge in [-0.2, -0.15) is 0 Å². The molecule has 6 aromatic rings. The van der Waals surface area contributed by atoms with Gasteiger partial charge < -0.3 is 24.8 Å². The lowest BCUT2D eigenvalue weighted by atomic mass is 10.1. The van der Waals surface area contributed by atoms with E-state index in [9.17, 15) is 0 Å². The standard InChI is InChI=1S/C38H32N8.2ClH/c1-5-13-33(14-6-1)41-29-43(35-17-9-3-10-18-35)45(39-41)37-25-21-31(22-26-37)32-23-27-38(28-24-32)46-40-42(34-15-7-2-8-16-34)30-44(46)36-19-11-4-12-20-36;;/h1-30,39-40H;2*1H/q+2;;/p-2. The fourth-order valence-corrected chi connectivity index (χ4v) is 5.58. The number of halogens is 2. The van der Waals surface area contributed by atoms with Crippen LogP contribution >= 0.6 is 0 Å². The van der Waals surface area contributed by atoms with Gasteiger partial charge in [-0.05, 0) is 95.0 Å². The lowest BCUT2D eigenvalue weighted by Gasteiger charge is -2.19. The van der Waals surface area contributed by atoms with Crippen LogP contribution in [0.4, 0.5) is 34.1 Å². The Bertz CT molecular complexity index is 1840. The Morgan fingerprint density at radius 2 is 0.646 bits per heavy atom. The first-order valence-corrected chi connectivity index (χ1v) is 15.2. The van der Waals surface area contributed by atoms with Crippen molar-refractivity contribution in [3.63, 3.8) is 0 Å². The molecule has 6 aromatic carbocycles. The fourth-order valence-electron chi connectivity index (χ4n) is 5.58. The number of rotatable bonds is 7. The molecule has 2 aliphatic heterocycles. The van der Waals surface area contributed by atoms with Gasteiger partial charge in [-0.25, -0.2) is 0 Å². The highest BCUT2D eigenvalue weighted by Gasteiger charge is 2.33. The van der Waals surface area contributed by atoms with E-state index < -0.39 is 0 Å². The van der Waals surface area contributed by atoms with E-state index in [2.05, 4.69) is 130 Å². The highest BCUT2D eigenvalue weighted by molar-refractivity contribution is 5.79. The van der Waals surface area contributed by atoms with E-state index in [1.807, 2.05) is 93.1 Å². The average Bonchev–Trinajstić information content (AvgIpc) is 3.80. The van der Waals surface area contributed by atoms with E-state index >= 15 is 0 Å². The average molecular weight is 672 g/mol. The molecule has 238 valence electrons. The summed E-state index contributed by atoms with van der Waals surface area (Å²) in [4.78, 5) is 0. The third-order valence-electron chi connectivity index (χ3n) is 7.95. The van der Waals surface area contributed by atoms with Crippen molar-refractivity contribution in [1.29, 1.82) is 0 Å². The van der Waals surface area contributed by atoms with Crippen LogP contribution in [-0.2, 0) is 0 Å². The normalized spacial score (nSPS) is 13.8. The van der Waals surface area contributed by atoms with Crippen LogP contribution in [0.3, 0.4) is 0 Å². The Morgan fingerprint density at radius 3 is 0.979 bits per heavy atom. The van der Waals surface area contributed by atoms with Crippen LogP contribution in [0.25, 0.3) is 11.1 Å². The summed E-state index contributed by atoms with van der Waals surface area (Å²) >= 11 is 0. The van der Waals surface area contributed by atoms with E-state index in [1.165, 1.54) is 0 Å². The van der Waals surface area contributed by atoms with Gasteiger partial charge in [0.25, 0.3) is 12.7 Å². The number of hydrogen-bond donors (Lipinski definition) is 2. The van der Waals surface area contributed by atoms with Gasteiger partial charge in [-0.1, -0.05) is 97.1 Å². The van der Waals surface area contributed by atoms with Crippen LogP contribution in [-0.4, -0.2) is 22.0 Å². The lowest BCUT2D eigenvalue weighted by Crippen LogP contribution is -3.00. The molecule has 0 aromatic heterocycles. The molecule has 0 aliphatic carbocycles. The van der Waals surface area contributed by atoms with Crippen molar-refractivity contribution in [3.05, 3.63) is 170 Å². The zero-order valence-corrected chi connectivity index (χ0v) is 27.3. The van der Waals surface area contributed by atoms with Crippen LogP contribution in [0.2, 0.25) is 0 Å². The predicted molar refractivity (Wildman–Crippen MR) is 186 cm³/mol. The van der Waals surface area contributed by atoms with Crippen molar-refractivity contribution in [2.75, 3.05) is 20.3 Å². The van der Waals surface area contributed by atoms with Crippen LogP contribution < -0.4 is 56.1 Å². The van der Waals surface area contributed by atoms with Crippen molar-refractivity contribution in [1.82, 2.24) is 11.1 Å². The minimum Gasteiger partial charge on any atom is -1.00 e. The molecule has 2 heterocycles. The summed E-state index contributed by atoms with van der Waals surface area (Å²) in [7, 11) is 0. The number of hydrazone groups is 2. The molecule has 0 saturated carbocycles. The molecule has 0 fully saturated rings. The van der Waals surface area contributed by atoms with Gasteiger partial charge in [-0.15, -0.1) is 29.6 Å². The molecule has 2 N–H and O–H groups in total. The Labute approximate surface area is 292 Å². The van der Waals surface area contributed by atoms with E-state index in [4.69, 9.17) is 0 Å². The summed E-state index contributed by atoms with van der Waals surface area (Å²) in [6.07, 6.45) is 4.11. The first kappa shape index (κ1) is 32.3. The summed E-state index contributed by atoms with van der Waals surface area (Å²) < 4.78 is 4.21. The summed E-state index contributed by atoms with van der Waals surface area (Å²) in [5.41, 5.74) is 15.5. The van der Waals surface area contributed by atoms with Gasteiger partial charge in [0.05, 0.1) is 0 Å². The zero-order valence-electron chi connectivity index (χ0n) is 25.8. The molecule has 0 bridgehead atoms. The largest absolute Gasteiger partial charge is 1.00 e. The van der Waals surface area contributed by atoms with Crippen LogP contribution in [0.1, 0.15) is 0 Å². The summed E-state index contributed by atoms with van der Waals surface area (Å²) in [5.74, 6) is 0. The quantitative estimate of drug-likeness (QED) is 0.251. The Balaban J connectivity index is 0.00000201. The van der Waals surface area contributed by atoms with Gasteiger partial charge in [-0.3, -0.25) is 0 Å². The number of anilines is 4. The van der Waals surface area contributed by atoms with E-state index in [-0.39, 0.29) is 24.8 Å². The van der Waals surface area contributed by atoms with Gasteiger partial charge >= 0.3 is 0 Å². The topological polar surface area (TPSA) is 43.0 Å². The minimum absolute atomic E-state index is 0. The highest BCUT2D eigenvalue weighted by Crippen LogP contribution is 2.30. The molecule has 10 heteroatoms. The van der Waals surface area contributed by atoms with Crippen molar-refractivity contribution < 1.29 is 34.2 Å². The third-order valence-corrected chi connectivity index (χ3v) is 7.95. The maximum absolute atomic E-state index is 3.52. The van der Waals surface area contributed by atoms with Gasteiger partial charge in [0.15, 0.2) is 11.4 Å². The van der Waals surface area contributed by atoms with Crippen molar-refractivity contribution in [2.24, 2.45) is 0 Å². The molecular weight excluding hydrogens is 639 g/mol. The first-order valence-electron chi connectivity index (χ1n) is 15.2. The van der Waals surface area contributed by atoms with E-state index in [1.54, 1.807) is 0 Å². The highest BCUT2D eigenvalue weighted by atomic mass is 35.5. The Hall–Kier alpha value is -5.64. The Kier molecular flexibility index (Phi) is 9.70. The molecule has 0 amide bonds. The number of para-hydroxylation sites is 4. The molecule has 8 rings (SSSR count). The summed E-state index contributed by atoms with van der Waals surface area (Å²) in [6.45, 7) is 0. The van der Waals surface area contributed by atoms with Gasteiger partial charge in [0.1, 0.15) is 22.7 Å². The number of nitrogens with one attached hydrogen (secondary N) is 2. The Morgan fingerprint density at radius 1 is 0.333 bits per heavy atom. The zero-order chi connectivity index (χ0) is 30.7. The predicted octanol–water partition coefficient (Wildman–Crippen LogP) is 1.43. The van der Waals surface area contributed by atoms with E-state index in [0.717, 1.165) is 45.3 Å². The maximum atomic E-state index is 3.52. The monoisotopic (exact) mass is 670 g/mol. The molecule has 0 saturated heterocycles. The van der Waals surface area contributed by atoms with Crippen LogP contribution in [0.5, 0.6) is 0 Å². The third kappa shape index (κ3) is 6.46. The molecule has 0 spiro atoms. The minimum atomic E-state index is 0. The molecule has 48 heavy (non-hydrogen) atoms. The number of hydrazine groups is 6. The SMILES string of the molecule is C1=[N+](c2ccccc2)N(c2ccc(-c3ccc(N4NN(c5ccccc5)C=[N+]4c4ccccc4)cc3)cc2)NN1c1ccccc1.[Cl-].[Cl-]. The molecule has 2 aliphatic rings. The summed E-state index contributed by atoms with van der Waals surface area (Å²) in [6, 6.07) is 58.4. The second-order valence-electron chi connectivity index (χ2n) is 10.9. The molecule has 8 nitrogen and oxygen atoms in total. The molecule has 0 unspecified atom stereocenters. The van der Waals surface area contributed by atoms with Crippen molar-refractivity contribution in [3.8, 4) is 11.1 Å². The maximum Gasteiger partial charge on any atom is 0.290 e. The second-order valence-corrected chi connectivity index (χ2v) is 10.9. The lowest BCUT2D eigenvalue weighted by molar-refractivity contribution is -0.450. The van der Waals surface area contributed by atoms with Crippen molar-refractivity contribution in [2.45, 2.75) is 0 Å². The van der Waals surface area contributed by atoms with Crippen molar-refractivity contribution >= 4 is 46.8 Å². The number of benzene rings is 6. The van der Waals surface area contributed by atoms with Gasteiger partial charge in [0.2, 0.25) is 0 Å². The number of hydrogen-bond acceptors (Lipinski definition) is 6. The summed E-state index contributed by atoms with van der Waals surface area (Å²) in [5, 5.41) is 8.12. The van der Waals surface area contributed by atoms with Crippen LogP contribution in [0.15, 0.2) is 170 Å². The first-order chi connectivity index (χ1) is 22.8. The molecule has 0 radical (unpaired) electrons. The molecule has 0 atom stereocenters. The fraction of sp³-hybridized carbons (Fsp3) is 0. The second kappa shape index (κ2) is 14.4. The molecular formula is C38H32Cl2N8. The smallest absolute Gasteiger partial charge is 0.290 e.